The number of hydrogen-bond donors (Lipinski definition) is 1. The van der Waals surface area contributed by atoms with Crippen molar-refractivity contribution in [2.75, 3.05) is 6.61 Å². The second-order valence-electron chi connectivity index (χ2n) is 3.68. The largest absolute Gasteiger partial charge is 0.493 e. The van der Waals surface area contributed by atoms with Gasteiger partial charge in [0.2, 0.25) is 0 Å². The molecular formula is C11H13BrF3NO. The van der Waals surface area contributed by atoms with E-state index in [9.17, 15) is 13.2 Å². The molecule has 0 fully saturated rings. The molecule has 6 heteroatoms. The van der Waals surface area contributed by atoms with Crippen molar-refractivity contribution in [1.82, 2.24) is 0 Å². The number of benzene rings is 1. The molecule has 0 aliphatic heterocycles. The van der Waals surface area contributed by atoms with Crippen LogP contribution in [0, 0.1) is 0 Å². The molecule has 0 saturated heterocycles. The molecule has 0 spiro atoms. The highest BCUT2D eigenvalue weighted by molar-refractivity contribution is 9.10. The van der Waals surface area contributed by atoms with E-state index in [2.05, 4.69) is 15.9 Å². The minimum Gasteiger partial charge on any atom is -0.493 e. The summed E-state index contributed by atoms with van der Waals surface area (Å²) >= 11 is 3.23. The molecule has 2 N–H and O–H groups in total. The third-order valence-electron chi connectivity index (χ3n) is 2.11. The summed E-state index contributed by atoms with van der Waals surface area (Å²) in [4.78, 5) is 0. The number of nitrogens with two attached hydrogens (primary N) is 1. The van der Waals surface area contributed by atoms with Crippen LogP contribution in [-0.4, -0.2) is 12.8 Å². The van der Waals surface area contributed by atoms with Crippen molar-refractivity contribution >= 4 is 15.9 Å². The smallest absolute Gasteiger partial charge is 0.392 e. The van der Waals surface area contributed by atoms with E-state index in [0.29, 0.717) is 11.3 Å². The predicted octanol–water partition coefficient (Wildman–Crippen LogP) is 3.80. The molecule has 1 unspecified atom stereocenters. The molecule has 0 amide bonds. The standard InChI is InChI=1S/C11H13BrF3NO/c1-7(16)9-3-2-8(12)6-10(9)17-5-4-11(13,14)15/h2-3,6-7H,4-5,16H2,1H3. The number of hydrogen-bond acceptors (Lipinski definition) is 2. The van der Waals surface area contributed by atoms with Crippen LogP contribution >= 0.6 is 15.9 Å². The van der Waals surface area contributed by atoms with E-state index in [4.69, 9.17) is 10.5 Å². The number of halogens is 4. The molecule has 0 aromatic heterocycles. The van der Waals surface area contributed by atoms with Crippen LogP contribution in [0.5, 0.6) is 5.75 Å². The first-order valence-electron chi connectivity index (χ1n) is 5.04. The lowest BCUT2D eigenvalue weighted by atomic mass is 10.1. The van der Waals surface area contributed by atoms with Gasteiger partial charge in [0.25, 0.3) is 0 Å². The predicted molar refractivity (Wildman–Crippen MR) is 62.9 cm³/mol. The van der Waals surface area contributed by atoms with Gasteiger partial charge in [0.05, 0.1) is 13.0 Å². The molecule has 0 heterocycles. The average Bonchev–Trinajstić information content (AvgIpc) is 2.15. The number of ether oxygens (including phenoxy) is 1. The second kappa shape index (κ2) is 5.73. The Morgan fingerprint density at radius 2 is 2.06 bits per heavy atom. The highest BCUT2D eigenvalue weighted by Gasteiger charge is 2.27. The maximum Gasteiger partial charge on any atom is 0.392 e. The molecule has 96 valence electrons. The number of rotatable bonds is 4. The van der Waals surface area contributed by atoms with Gasteiger partial charge >= 0.3 is 6.18 Å². The van der Waals surface area contributed by atoms with Gasteiger partial charge in [-0.05, 0) is 19.1 Å². The molecular weight excluding hydrogens is 299 g/mol. The lowest BCUT2D eigenvalue weighted by Crippen LogP contribution is -2.14. The van der Waals surface area contributed by atoms with Crippen molar-refractivity contribution in [3.8, 4) is 5.75 Å². The van der Waals surface area contributed by atoms with E-state index in [-0.39, 0.29) is 6.04 Å². The van der Waals surface area contributed by atoms with Crippen LogP contribution in [0.2, 0.25) is 0 Å². The van der Waals surface area contributed by atoms with Gasteiger partial charge in [-0.15, -0.1) is 0 Å². The summed E-state index contributed by atoms with van der Waals surface area (Å²) in [5.41, 5.74) is 6.39. The van der Waals surface area contributed by atoms with Crippen molar-refractivity contribution < 1.29 is 17.9 Å². The van der Waals surface area contributed by atoms with Crippen LogP contribution in [0.25, 0.3) is 0 Å². The van der Waals surface area contributed by atoms with Crippen LogP contribution in [0.4, 0.5) is 13.2 Å². The molecule has 0 radical (unpaired) electrons. The normalized spacial score (nSPS) is 13.5. The summed E-state index contributed by atoms with van der Waals surface area (Å²) in [6.07, 6.45) is -5.18. The summed E-state index contributed by atoms with van der Waals surface area (Å²) in [7, 11) is 0. The molecule has 1 atom stereocenters. The fourth-order valence-corrected chi connectivity index (χ4v) is 1.63. The zero-order valence-electron chi connectivity index (χ0n) is 9.22. The third kappa shape index (κ3) is 4.95. The summed E-state index contributed by atoms with van der Waals surface area (Å²) in [5.74, 6) is 0.388. The molecule has 17 heavy (non-hydrogen) atoms. The van der Waals surface area contributed by atoms with Gasteiger partial charge in [-0.1, -0.05) is 22.0 Å². The fourth-order valence-electron chi connectivity index (χ4n) is 1.29. The molecule has 0 saturated carbocycles. The van der Waals surface area contributed by atoms with Gasteiger partial charge in [0, 0.05) is 16.1 Å². The SMILES string of the molecule is CC(N)c1ccc(Br)cc1OCCC(F)(F)F. The van der Waals surface area contributed by atoms with E-state index < -0.39 is 19.2 Å². The highest BCUT2D eigenvalue weighted by atomic mass is 79.9. The van der Waals surface area contributed by atoms with Crippen molar-refractivity contribution in [3.05, 3.63) is 28.2 Å². The maximum absolute atomic E-state index is 12.0. The van der Waals surface area contributed by atoms with Gasteiger partial charge < -0.3 is 10.5 Å². The quantitative estimate of drug-likeness (QED) is 0.918. The minimum absolute atomic E-state index is 0.288. The minimum atomic E-state index is -4.21. The van der Waals surface area contributed by atoms with Crippen LogP contribution in [-0.2, 0) is 0 Å². The van der Waals surface area contributed by atoms with Crippen molar-refractivity contribution in [3.63, 3.8) is 0 Å². The molecule has 0 aliphatic rings. The summed E-state index contributed by atoms with van der Waals surface area (Å²) in [6, 6.07) is 4.84. The fraction of sp³-hybridized carbons (Fsp3) is 0.455. The zero-order valence-corrected chi connectivity index (χ0v) is 10.8. The maximum atomic E-state index is 12.0. The third-order valence-corrected chi connectivity index (χ3v) is 2.60. The Morgan fingerprint density at radius 1 is 1.41 bits per heavy atom. The lowest BCUT2D eigenvalue weighted by Gasteiger charge is -2.15. The molecule has 2 nitrogen and oxygen atoms in total. The van der Waals surface area contributed by atoms with Gasteiger partial charge in [0.1, 0.15) is 5.75 Å². The van der Waals surface area contributed by atoms with Crippen LogP contribution in [0.3, 0.4) is 0 Å². The average molecular weight is 312 g/mol. The van der Waals surface area contributed by atoms with Crippen LogP contribution in [0.1, 0.15) is 24.9 Å². The second-order valence-corrected chi connectivity index (χ2v) is 4.60. The van der Waals surface area contributed by atoms with E-state index in [0.717, 1.165) is 4.47 Å². The number of alkyl halides is 3. The Bertz CT molecular complexity index is 379. The highest BCUT2D eigenvalue weighted by Crippen LogP contribution is 2.28. The Hall–Kier alpha value is -0.750. The Kier molecular flexibility index (Phi) is 4.82. The van der Waals surface area contributed by atoms with Crippen molar-refractivity contribution in [1.29, 1.82) is 0 Å². The van der Waals surface area contributed by atoms with E-state index in [1.165, 1.54) is 0 Å². The van der Waals surface area contributed by atoms with E-state index >= 15 is 0 Å². The molecule has 1 aromatic rings. The van der Waals surface area contributed by atoms with Gasteiger partial charge in [-0.2, -0.15) is 13.2 Å². The van der Waals surface area contributed by atoms with Gasteiger partial charge in [-0.3, -0.25) is 0 Å². The summed E-state index contributed by atoms with van der Waals surface area (Å²) in [5, 5.41) is 0. The van der Waals surface area contributed by atoms with Crippen LogP contribution in [0.15, 0.2) is 22.7 Å². The van der Waals surface area contributed by atoms with E-state index in [1.54, 1.807) is 25.1 Å². The van der Waals surface area contributed by atoms with Gasteiger partial charge in [0.15, 0.2) is 0 Å². The first-order chi connectivity index (χ1) is 7.79. The van der Waals surface area contributed by atoms with E-state index in [1.807, 2.05) is 0 Å². The monoisotopic (exact) mass is 311 g/mol. The molecule has 1 aromatic carbocycles. The van der Waals surface area contributed by atoms with Crippen molar-refractivity contribution in [2.45, 2.75) is 25.6 Å². The molecule has 1 rings (SSSR count). The zero-order chi connectivity index (χ0) is 13.1. The van der Waals surface area contributed by atoms with Crippen molar-refractivity contribution in [2.24, 2.45) is 5.73 Å². The topological polar surface area (TPSA) is 35.2 Å². The molecule has 0 aliphatic carbocycles. The summed E-state index contributed by atoms with van der Waals surface area (Å²) in [6.45, 7) is 1.35. The molecule has 0 bridgehead atoms. The summed E-state index contributed by atoms with van der Waals surface area (Å²) < 4.78 is 41.8. The Labute approximate surface area is 106 Å². The Morgan fingerprint density at radius 3 is 2.59 bits per heavy atom. The van der Waals surface area contributed by atoms with Crippen LogP contribution < -0.4 is 10.5 Å². The lowest BCUT2D eigenvalue weighted by molar-refractivity contribution is -0.139. The Balaban J connectivity index is 2.72. The van der Waals surface area contributed by atoms with Gasteiger partial charge in [-0.25, -0.2) is 0 Å². The first-order valence-corrected chi connectivity index (χ1v) is 5.83. The first kappa shape index (κ1) is 14.3.